The summed E-state index contributed by atoms with van der Waals surface area (Å²) in [4.78, 5) is 16.9. The lowest BCUT2D eigenvalue weighted by Gasteiger charge is -2.13. The van der Waals surface area contributed by atoms with Crippen molar-refractivity contribution in [3.8, 4) is 0 Å². The van der Waals surface area contributed by atoms with E-state index in [2.05, 4.69) is 15.2 Å². The molecule has 1 aromatic carbocycles. The van der Waals surface area contributed by atoms with Crippen molar-refractivity contribution in [2.45, 2.75) is 12.8 Å². The van der Waals surface area contributed by atoms with E-state index < -0.39 is 4.92 Å². The molecule has 2 aromatic rings. The highest BCUT2D eigenvalue weighted by Gasteiger charge is 2.13. The molecule has 1 aromatic heterocycles. The van der Waals surface area contributed by atoms with E-state index in [1.807, 2.05) is 0 Å². The molecule has 1 aliphatic rings. The highest BCUT2D eigenvalue weighted by Crippen LogP contribution is 2.23. The number of rotatable bonds is 5. The molecule has 1 fully saturated rings. The van der Waals surface area contributed by atoms with Crippen LogP contribution in [0.5, 0.6) is 0 Å². The molecule has 3 rings (SSSR count). The van der Waals surface area contributed by atoms with Crippen LogP contribution in [0.3, 0.4) is 0 Å². The fourth-order valence-corrected chi connectivity index (χ4v) is 2.43. The summed E-state index contributed by atoms with van der Waals surface area (Å²) in [6.45, 7) is 4.02. The first-order chi connectivity index (χ1) is 9.72. The molecule has 7 heteroatoms. The van der Waals surface area contributed by atoms with E-state index in [9.17, 15) is 10.1 Å². The smallest absolute Gasteiger partial charge is 0.295 e. The van der Waals surface area contributed by atoms with Gasteiger partial charge in [-0.05, 0) is 32.0 Å². The Balaban J connectivity index is 1.64. The van der Waals surface area contributed by atoms with Crippen LogP contribution in [-0.4, -0.2) is 41.0 Å². The number of fused-ring (bicyclic) bond motifs is 1. The normalized spacial score (nSPS) is 15.8. The minimum absolute atomic E-state index is 0.0114. The van der Waals surface area contributed by atoms with Crippen molar-refractivity contribution >= 4 is 22.8 Å². The molecule has 7 nitrogen and oxygen atoms in total. The second-order valence-corrected chi connectivity index (χ2v) is 4.90. The van der Waals surface area contributed by atoms with Crippen molar-refractivity contribution in [3.63, 3.8) is 0 Å². The number of hydrogen-bond acceptors (Lipinski definition) is 6. The highest BCUT2D eigenvalue weighted by atomic mass is 16.6. The molecule has 0 spiro atoms. The van der Waals surface area contributed by atoms with Crippen molar-refractivity contribution in [1.82, 2.24) is 9.88 Å². The quantitative estimate of drug-likeness (QED) is 0.666. The number of benzene rings is 1. The van der Waals surface area contributed by atoms with E-state index in [1.54, 1.807) is 6.07 Å². The number of nitrogens with one attached hydrogen (secondary N) is 1. The topological polar surface area (TPSA) is 84.4 Å². The molecule has 0 saturated carbocycles. The number of aromatic nitrogens is 1. The van der Waals surface area contributed by atoms with Crippen LogP contribution < -0.4 is 5.32 Å². The van der Waals surface area contributed by atoms with E-state index in [0.717, 1.165) is 26.2 Å². The summed E-state index contributed by atoms with van der Waals surface area (Å²) >= 11 is 0. The Morgan fingerprint density at radius 1 is 1.40 bits per heavy atom. The molecule has 1 saturated heterocycles. The van der Waals surface area contributed by atoms with Crippen LogP contribution in [0, 0.1) is 10.1 Å². The van der Waals surface area contributed by atoms with Gasteiger partial charge < -0.3 is 14.6 Å². The number of nitro benzene ring substituents is 1. The third-order valence-corrected chi connectivity index (χ3v) is 3.49. The van der Waals surface area contributed by atoms with Crippen LogP contribution in [0.4, 0.5) is 11.7 Å². The van der Waals surface area contributed by atoms with Crippen LogP contribution in [0.15, 0.2) is 22.6 Å². The minimum Gasteiger partial charge on any atom is -0.423 e. The third kappa shape index (κ3) is 2.72. The molecule has 0 atom stereocenters. The van der Waals surface area contributed by atoms with Gasteiger partial charge in [0.15, 0.2) is 5.58 Å². The molecule has 0 radical (unpaired) electrons. The number of anilines is 1. The Morgan fingerprint density at radius 3 is 2.95 bits per heavy atom. The molecule has 106 valence electrons. The fraction of sp³-hybridized carbons (Fsp3) is 0.462. The zero-order valence-electron chi connectivity index (χ0n) is 11.0. The summed E-state index contributed by atoms with van der Waals surface area (Å²) < 4.78 is 5.48. The standard InChI is InChI=1S/C13H16N4O3/c18-17(19)10-3-4-11-12(9-10)20-13(15-11)14-5-8-16-6-1-2-7-16/h3-4,9H,1-2,5-8H2,(H,14,15). The van der Waals surface area contributed by atoms with Gasteiger partial charge in [-0.25, -0.2) is 0 Å². The van der Waals surface area contributed by atoms with Gasteiger partial charge in [-0.15, -0.1) is 0 Å². The first kappa shape index (κ1) is 12.9. The van der Waals surface area contributed by atoms with E-state index in [-0.39, 0.29) is 5.69 Å². The van der Waals surface area contributed by atoms with Gasteiger partial charge in [-0.2, -0.15) is 4.98 Å². The summed E-state index contributed by atoms with van der Waals surface area (Å²) in [5.41, 5.74) is 1.07. The van der Waals surface area contributed by atoms with Crippen LogP contribution >= 0.6 is 0 Å². The molecule has 2 heterocycles. The minimum atomic E-state index is -0.442. The number of oxazole rings is 1. The molecule has 0 aliphatic carbocycles. The van der Waals surface area contributed by atoms with Crippen molar-refractivity contribution in [2.75, 3.05) is 31.5 Å². The second-order valence-electron chi connectivity index (χ2n) is 4.90. The fourth-order valence-electron chi connectivity index (χ4n) is 2.43. The molecule has 1 N–H and O–H groups in total. The van der Waals surface area contributed by atoms with Gasteiger partial charge in [0.2, 0.25) is 0 Å². The number of nitrogens with zero attached hydrogens (tertiary/aromatic N) is 3. The number of hydrogen-bond donors (Lipinski definition) is 1. The van der Waals surface area contributed by atoms with Gasteiger partial charge in [-0.3, -0.25) is 10.1 Å². The van der Waals surface area contributed by atoms with Gasteiger partial charge >= 0.3 is 0 Å². The summed E-state index contributed by atoms with van der Waals surface area (Å²) in [5, 5.41) is 13.8. The number of non-ortho nitro benzene ring substituents is 1. The molecule has 1 aliphatic heterocycles. The van der Waals surface area contributed by atoms with E-state index in [4.69, 9.17) is 4.42 Å². The SMILES string of the molecule is O=[N+]([O-])c1ccc2nc(NCCN3CCCC3)oc2c1. The molecule has 0 amide bonds. The number of nitro groups is 1. The van der Waals surface area contributed by atoms with Crippen molar-refractivity contribution in [1.29, 1.82) is 0 Å². The summed E-state index contributed by atoms with van der Waals surface area (Å²) in [7, 11) is 0. The summed E-state index contributed by atoms with van der Waals surface area (Å²) in [6.07, 6.45) is 2.54. The largest absolute Gasteiger partial charge is 0.423 e. The average Bonchev–Trinajstić information content (AvgIpc) is 3.06. The first-order valence-electron chi connectivity index (χ1n) is 6.73. The number of likely N-dealkylation sites (tertiary alicyclic amines) is 1. The molecule has 0 unspecified atom stereocenters. The van der Waals surface area contributed by atoms with E-state index in [1.165, 1.54) is 25.0 Å². The molecular formula is C13H16N4O3. The highest BCUT2D eigenvalue weighted by molar-refractivity contribution is 5.77. The van der Waals surface area contributed by atoms with Crippen molar-refractivity contribution in [3.05, 3.63) is 28.3 Å². The van der Waals surface area contributed by atoms with Crippen LogP contribution in [0.2, 0.25) is 0 Å². The third-order valence-electron chi connectivity index (χ3n) is 3.49. The van der Waals surface area contributed by atoms with Crippen LogP contribution in [-0.2, 0) is 0 Å². The van der Waals surface area contributed by atoms with Gasteiger partial charge in [0.25, 0.3) is 11.7 Å². The molecular weight excluding hydrogens is 260 g/mol. The zero-order valence-corrected chi connectivity index (χ0v) is 11.0. The second kappa shape index (κ2) is 5.46. The first-order valence-corrected chi connectivity index (χ1v) is 6.73. The van der Waals surface area contributed by atoms with E-state index in [0.29, 0.717) is 17.1 Å². The van der Waals surface area contributed by atoms with Gasteiger partial charge in [0.1, 0.15) is 5.52 Å². The lowest BCUT2D eigenvalue weighted by molar-refractivity contribution is -0.384. The summed E-state index contributed by atoms with van der Waals surface area (Å²) in [5.74, 6) is 0. The summed E-state index contributed by atoms with van der Waals surface area (Å²) in [6, 6.07) is 4.84. The molecule has 0 bridgehead atoms. The Bertz CT molecular complexity index is 619. The average molecular weight is 276 g/mol. The van der Waals surface area contributed by atoms with Gasteiger partial charge in [-0.1, -0.05) is 0 Å². The van der Waals surface area contributed by atoms with Crippen LogP contribution in [0.1, 0.15) is 12.8 Å². The van der Waals surface area contributed by atoms with Crippen LogP contribution in [0.25, 0.3) is 11.1 Å². The zero-order chi connectivity index (χ0) is 13.9. The predicted octanol–water partition coefficient (Wildman–Crippen LogP) is 2.24. The lowest BCUT2D eigenvalue weighted by Crippen LogP contribution is -2.25. The monoisotopic (exact) mass is 276 g/mol. The Hall–Kier alpha value is -2.15. The van der Waals surface area contributed by atoms with Gasteiger partial charge in [0, 0.05) is 19.2 Å². The molecule has 20 heavy (non-hydrogen) atoms. The maximum Gasteiger partial charge on any atom is 0.295 e. The Kier molecular flexibility index (Phi) is 3.51. The Morgan fingerprint density at radius 2 is 2.20 bits per heavy atom. The predicted molar refractivity (Wildman–Crippen MR) is 74.8 cm³/mol. The van der Waals surface area contributed by atoms with E-state index >= 15 is 0 Å². The van der Waals surface area contributed by atoms with Crippen molar-refractivity contribution in [2.24, 2.45) is 0 Å². The van der Waals surface area contributed by atoms with Crippen molar-refractivity contribution < 1.29 is 9.34 Å². The maximum absolute atomic E-state index is 10.7. The Labute approximate surface area is 115 Å². The van der Waals surface area contributed by atoms with Gasteiger partial charge in [0.05, 0.1) is 11.0 Å². The maximum atomic E-state index is 10.7. The lowest BCUT2D eigenvalue weighted by atomic mass is 10.3.